The molecule has 1 aliphatic rings. The van der Waals surface area contributed by atoms with Crippen molar-refractivity contribution in [2.75, 3.05) is 26.2 Å². The first-order valence-corrected chi connectivity index (χ1v) is 5.98. The molecule has 0 aromatic heterocycles. The van der Waals surface area contributed by atoms with Gasteiger partial charge in [-0.15, -0.1) is 0 Å². The van der Waals surface area contributed by atoms with Crippen LogP contribution in [0.15, 0.2) is 30.3 Å². The first-order chi connectivity index (χ1) is 8.27. The minimum atomic E-state index is -0.253. The van der Waals surface area contributed by atoms with E-state index < -0.39 is 0 Å². The van der Waals surface area contributed by atoms with Crippen molar-refractivity contribution in [1.29, 1.82) is 0 Å². The molecule has 1 atom stereocenters. The van der Waals surface area contributed by atoms with Gasteiger partial charge in [0.1, 0.15) is 0 Å². The third kappa shape index (κ3) is 3.28. The van der Waals surface area contributed by atoms with Gasteiger partial charge in [0.15, 0.2) is 6.23 Å². The van der Waals surface area contributed by atoms with Crippen LogP contribution in [-0.4, -0.2) is 43.3 Å². The van der Waals surface area contributed by atoms with Gasteiger partial charge in [-0.1, -0.05) is 18.2 Å². The average Bonchev–Trinajstić information content (AvgIpc) is 2.40. The first-order valence-electron chi connectivity index (χ1n) is 5.98. The van der Waals surface area contributed by atoms with E-state index in [-0.39, 0.29) is 12.2 Å². The summed E-state index contributed by atoms with van der Waals surface area (Å²) in [5, 5.41) is 3.27. The molecule has 0 spiro atoms. The summed E-state index contributed by atoms with van der Waals surface area (Å²) >= 11 is 0. The van der Waals surface area contributed by atoms with Gasteiger partial charge in [-0.25, -0.2) is 4.79 Å². The number of rotatable bonds is 3. The van der Waals surface area contributed by atoms with Crippen molar-refractivity contribution in [3.63, 3.8) is 0 Å². The predicted octanol–water partition coefficient (Wildman–Crippen LogP) is 1.09. The smallest absolute Gasteiger partial charge is 0.339 e. The summed E-state index contributed by atoms with van der Waals surface area (Å²) in [6, 6.07) is 9.11. The van der Waals surface area contributed by atoms with Gasteiger partial charge in [0.25, 0.3) is 0 Å². The molecule has 4 heteroatoms. The Labute approximate surface area is 102 Å². The van der Waals surface area contributed by atoms with E-state index in [0.717, 1.165) is 26.2 Å². The van der Waals surface area contributed by atoms with Crippen LogP contribution < -0.4 is 5.32 Å². The maximum absolute atomic E-state index is 11.8. The highest BCUT2D eigenvalue weighted by Crippen LogP contribution is 2.07. The molecule has 1 N–H and O–H groups in total. The quantitative estimate of drug-likeness (QED) is 0.795. The standard InChI is InChI=1S/C13H18N2O2/c1-11(15-9-7-14-8-10-15)17-13(16)12-5-3-2-4-6-12/h2-6,11,14H,7-10H2,1H3. The molecule has 0 bridgehead atoms. The van der Waals surface area contributed by atoms with E-state index in [1.165, 1.54) is 0 Å². The van der Waals surface area contributed by atoms with Crippen LogP contribution in [-0.2, 0) is 4.74 Å². The first kappa shape index (κ1) is 12.1. The molecule has 1 saturated heterocycles. The molecule has 0 saturated carbocycles. The Morgan fingerprint density at radius 1 is 1.29 bits per heavy atom. The maximum Gasteiger partial charge on any atom is 0.339 e. The van der Waals surface area contributed by atoms with Gasteiger partial charge in [-0.3, -0.25) is 4.90 Å². The number of hydrogen-bond acceptors (Lipinski definition) is 4. The molecule has 0 radical (unpaired) electrons. The van der Waals surface area contributed by atoms with Crippen molar-refractivity contribution < 1.29 is 9.53 Å². The lowest BCUT2D eigenvalue weighted by Crippen LogP contribution is -2.48. The summed E-state index contributed by atoms with van der Waals surface area (Å²) in [6.07, 6.45) is -0.162. The van der Waals surface area contributed by atoms with E-state index in [1.807, 2.05) is 25.1 Å². The van der Waals surface area contributed by atoms with E-state index in [2.05, 4.69) is 10.2 Å². The van der Waals surface area contributed by atoms with Crippen molar-refractivity contribution in [1.82, 2.24) is 10.2 Å². The predicted molar refractivity (Wildman–Crippen MR) is 65.8 cm³/mol. The molecule has 0 aliphatic carbocycles. The minimum Gasteiger partial charge on any atom is -0.443 e. The highest BCUT2D eigenvalue weighted by molar-refractivity contribution is 5.89. The van der Waals surface area contributed by atoms with Crippen molar-refractivity contribution in [2.24, 2.45) is 0 Å². The molecule has 1 aromatic carbocycles. The molecule has 1 aliphatic heterocycles. The fourth-order valence-electron chi connectivity index (χ4n) is 1.92. The topological polar surface area (TPSA) is 41.6 Å². The number of piperazine rings is 1. The number of carbonyl (C=O) groups is 1. The lowest BCUT2D eigenvalue weighted by Gasteiger charge is -2.32. The number of ether oxygens (including phenoxy) is 1. The van der Waals surface area contributed by atoms with Gasteiger partial charge in [-0.05, 0) is 19.1 Å². The van der Waals surface area contributed by atoms with Crippen LogP contribution in [0.1, 0.15) is 17.3 Å². The molecule has 1 aromatic rings. The van der Waals surface area contributed by atoms with E-state index in [0.29, 0.717) is 5.56 Å². The number of nitrogens with zero attached hydrogens (tertiary/aromatic N) is 1. The van der Waals surface area contributed by atoms with Gasteiger partial charge in [0, 0.05) is 26.2 Å². The van der Waals surface area contributed by atoms with Crippen LogP contribution >= 0.6 is 0 Å². The van der Waals surface area contributed by atoms with Crippen LogP contribution in [0.5, 0.6) is 0 Å². The molecule has 4 nitrogen and oxygen atoms in total. The van der Waals surface area contributed by atoms with Crippen LogP contribution in [0.25, 0.3) is 0 Å². The zero-order valence-corrected chi connectivity index (χ0v) is 10.1. The molecular weight excluding hydrogens is 216 g/mol. The zero-order chi connectivity index (χ0) is 12.1. The molecule has 1 heterocycles. The number of esters is 1. The number of carbonyl (C=O) groups excluding carboxylic acids is 1. The second kappa shape index (κ2) is 5.80. The summed E-state index contributed by atoms with van der Waals surface area (Å²) in [5.74, 6) is -0.253. The third-order valence-electron chi connectivity index (χ3n) is 2.95. The number of nitrogens with one attached hydrogen (secondary N) is 1. The summed E-state index contributed by atoms with van der Waals surface area (Å²) < 4.78 is 5.44. The average molecular weight is 234 g/mol. The normalized spacial score (nSPS) is 18.6. The van der Waals surface area contributed by atoms with E-state index in [4.69, 9.17) is 4.74 Å². The van der Waals surface area contributed by atoms with E-state index in [9.17, 15) is 4.79 Å². The van der Waals surface area contributed by atoms with Crippen LogP contribution in [0.3, 0.4) is 0 Å². The van der Waals surface area contributed by atoms with Gasteiger partial charge >= 0.3 is 5.97 Å². The Kier molecular flexibility index (Phi) is 4.12. The van der Waals surface area contributed by atoms with Crippen molar-refractivity contribution in [3.05, 3.63) is 35.9 Å². The van der Waals surface area contributed by atoms with Crippen LogP contribution in [0, 0.1) is 0 Å². The summed E-state index contributed by atoms with van der Waals surface area (Å²) in [5.41, 5.74) is 0.606. The molecule has 1 unspecified atom stereocenters. The Hall–Kier alpha value is -1.39. The summed E-state index contributed by atoms with van der Waals surface area (Å²) in [7, 11) is 0. The lowest BCUT2D eigenvalue weighted by molar-refractivity contribution is -0.0273. The second-order valence-electron chi connectivity index (χ2n) is 4.16. The summed E-state index contributed by atoms with van der Waals surface area (Å²) in [6.45, 7) is 5.67. The van der Waals surface area contributed by atoms with Gasteiger partial charge in [0.05, 0.1) is 5.56 Å². The highest BCUT2D eigenvalue weighted by atomic mass is 16.6. The monoisotopic (exact) mass is 234 g/mol. The van der Waals surface area contributed by atoms with Crippen molar-refractivity contribution in [2.45, 2.75) is 13.2 Å². The molecule has 17 heavy (non-hydrogen) atoms. The number of benzene rings is 1. The minimum absolute atomic E-state index is 0.162. The lowest BCUT2D eigenvalue weighted by atomic mass is 10.2. The Morgan fingerprint density at radius 3 is 2.59 bits per heavy atom. The van der Waals surface area contributed by atoms with Gasteiger partial charge in [-0.2, -0.15) is 0 Å². The highest BCUT2D eigenvalue weighted by Gasteiger charge is 2.20. The zero-order valence-electron chi connectivity index (χ0n) is 10.1. The third-order valence-corrected chi connectivity index (χ3v) is 2.95. The molecule has 92 valence electrons. The molecule has 1 fully saturated rings. The molecule has 0 amide bonds. The van der Waals surface area contributed by atoms with Gasteiger partial charge < -0.3 is 10.1 Å². The molecule has 2 rings (SSSR count). The van der Waals surface area contributed by atoms with Gasteiger partial charge in [0.2, 0.25) is 0 Å². The van der Waals surface area contributed by atoms with Crippen LogP contribution in [0.4, 0.5) is 0 Å². The fourth-order valence-corrected chi connectivity index (χ4v) is 1.92. The Morgan fingerprint density at radius 2 is 1.94 bits per heavy atom. The van der Waals surface area contributed by atoms with E-state index >= 15 is 0 Å². The maximum atomic E-state index is 11.8. The fraction of sp³-hybridized carbons (Fsp3) is 0.462. The largest absolute Gasteiger partial charge is 0.443 e. The van der Waals surface area contributed by atoms with Crippen LogP contribution in [0.2, 0.25) is 0 Å². The second-order valence-corrected chi connectivity index (χ2v) is 4.16. The Bertz CT molecular complexity index is 361. The summed E-state index contributed by atoms with van der Waals surface area (Å²) in [4.78, 5) is 14.0. The SMILES string of the molecule is CC(OC(=O)c1ccccc1)N1CCNCC1. The number of hydrogen-bond donors (Lipinski definition) is 1. The van der Waals surface area contributed by atoms with Crippen molar-refractivity contribution >= 4 is 5.97 Å². The van der Waals surface area contributed by atoms with E-state index in [1.54, 1.807) is 12.1 Å². The Balaban J connectivity index is 1.89. The van der Waals surface area contributed by atoms with Crippen molar-refractivity contribution in [3.8, 4) is 0 Å². The molecular formula is C13H18N2O2.